The van der Waals surface area contributed by atoms with E-state index in [1.165, 1.54) is 22.9 Å². The molecule has 1 aromatic rings. The molecule has 0 radical (unpaired) electrons. The summed E-state index contributed by atoms with van der Waals surface area (Å²) in [4.78, 5) is 22.6. The van der Waals surface area contributed by atoms with Gasteiger partial charge in [0.25, 0.3) is 5.56 Å². The van der Waals surface area contributed by atoms with Gasteiger partial charge in [-0.1, -0.05) is 13.3 Å². The maximum Gasteiger partial charge on any atom is 0.337 e. The van der Waals surface area contributed by atoms with Gasteiger partial charge in [-0.05, 0) is 12.5 Å². The molecule has 0 aliphatic heterocycles. The summed E-state index contributed by atoms with van der Waals surface area (Å²) < 4.78 is 6.50. The highest BCUT2D eigenvalue weighted by atomic mass is 16.5. The van der Waals surface area contributed by atoms with Gasteiger partial charge >= 0.3 is 5.97 Å². The Labute approximate surface area is 99.6 Å². The number of carboxylic acid groups (broad SMARTS) is 1. The highest BCUT2D eigenvalue weighted by Crippen LogP contribution is 2.12. The first-order chi connectivity index (χ1) is 8.10. The van der Waals surface area contributed by atoms with Gasteiger partial charge in [0.05, 0.1) is 18.2 Å². The van der Waals surface area contributed by atoms with Crippen molar-refractivity contribution in [1.82, 2.24) is 4.57 Å². The molecule has 1 rings (SSSR count). The van der Waals surface area contributed by atoms with E-state index in [1.54, 1.807) is 7.11 Å². The van der Waals surface area contributed by atoms with Crippen molar-refractivity contribution in [2.75, 3.05) is 13.7 Å². The molecule has 5 nitrogen and oxygen atoms in total. The predicted octanol–water partition coefficient (Wildman–Crippen LogP) is 1.53. The van der Waals surface area contributed by atoms with Crippen LogP contribution in [-0.4, -0.2) is 29.4 Å². The zero-order chi connectivity index (χ0) is 12.8. The maximum atomic E-state index is 11.7. The van der Waals surface area contributed by atoms with Crippen molar-refractivity contribution in [3.63, 3.8) is 0 Å². The van der Waals surface area contributed by atoms with E-state index < -0.39 is 5.97 Å². The van der Waals surface area contributed by atoms with E-state index in [9.17, 15) is 9.59 Å². The molecule has 1 unspecified atom stereocenters. The summed E-state index contributed by atoms with van der Waals surface area (Å²) in [5.41, 5.74) is -0.0905. The number of carboxylic acids is 1. The molecule has 0 spiro atoms. The van der Waals surface area contributed by atoms with Crippen LogP contribution in [0.1, 0.15) is 36.2 Å². The van der Waals surface area contributed by atoms with Crippen LogP contribution in [0.4, 0.5) is 0 Å². The van der Waals surface area contributed by atoms with Crippen molar-refractivity contribution in [1.29, 1.82) is 0 Å². The fourth-order valence-electron chi connectivity index (χ4n) is 1.74. The number of hydrogen-bond donors (Lipinski definition) is 1. The van der Waals surface area contributed by atoms with Crippen molar-refractivity contribution >= 4 is 5.97 Å². The van der Waals surface area contributed by atoms with Gasteiger partial charge in [0.2, 0.25) is 0 Å². The lowest BCUT2D eigenvalue weighted by atomic mass is 10.1. The molecular formula is C12H17NO4. The molecule has 0 amide bonds. The average molecular weight is 239 g/mol. The first-order valence-corrected chi connectivity index (χ1v) is 5.54. The van der Waals surface area contributed by atoms with E-state index in [2.05, 4.69) is 0 Å². The second-order valence-corrected chi connectivity index (χ2v) is 3.87. The summed E-state index contributed by atoms with van der Waals surface area (Å²) in [6, 6.07) is 2.48. The fourth-order valence-corrected chi connectivity index (χ4v) is 1.74. The third kappa shape index (κ3) is 3.42. The Hall–Kier alpha value is -1.62. The number of nitrogens with zero attached hydrogens (tertiary/aromatic N) is 1. The average Bonchev–Trinajstić information content (AvgIpc) is 2.29. The minimum Gasteiger partial charge on any atom is -0.478 e. The van der Waals surface area contributed by atoms with Gasteiger partial charge in [-0.3, -0.25) is 4.79 Å². The summed E-state index contributed by atoms with van der Waals surface area (Å²) in [6.45, 7) is 2.41. The van der Waals surface area contributed by atoms with Gasteiger partial charge in [0.15, 0.2) is 0 Å². The topological polar surface area (TPSA) is 68.5 Å². The Morgan fingerprint density at radius 1 is 1.53 bits per heavy atom. The van der Waals surface area contributed by atoms with Gasteiger partial charge < -0.3 is 14.4 Å². The summed E-state index contributed by atoms with van der Waals surface area (Å²) >= 11 is 0. The molecule has 0 fully saturated rings. The zero-order valence-corrected chi connectivity index (χ0v) is 10.0. The largest absolute Gasteiger partial charge is 0.478 e. The van der Waals surface area contributed by atoms with E-state index >= 15 is 0 Å². The lowest BCUT2D eigenvalue weighted by Crippen LogP contribution is -2.27. The first kappa shape index (κ1) is 13.4. The quantitative estimate of drug-likeness (QED) is 0.817. The number of hydrogen-bond acceptors (Lipinski definition) is 3. The molecule has 0 aromatic carbocycles. The standard InChI is InChI=1S/C12H17NO4/c1-3-4-10(8-17-2)13-7-9(12(15)16)5-6-11(13)14/h5-7,10H,3-4,8H2,1-2H3,(H,15,16). The van der Waals surface area contributed by atoms with Gasteiger partial charge in [-0.2, -0.15) is 0 Å². The Morgan fingerprint density at radius 3 is 2.76 bits per heavy atom. The first-order valence-electron chi connectivity index (χ1n) is 5.54. The van der Waals surface area contributed by atoms with Crippen LogP contribution in [-0.2, 0) is 4.74 Å². The van der Waals surface area contributed by atoms with Crippen LogP contribution < -0.4 is 5.56 Å². The molecule has 0 bridgehead atoms. The normalized spacial score (nSPS) is 12.4. The number of ether oxygens (including phenoxy) is 1. The minimum atomic E-state index is -1.04. The van der Waals surface area contributed by atoms with E-state index in [0.29, 0.717) is 6.61 Å². The van der Waals surface area contributed by atoms with Crippen LogP contribution in [0, 0.1) is 0 Å². The molecular weight excluding hydrogens is 222 g/mol. The molecule has 1 atom stereocenters. The number of pyridine rings is 1. The maximum absolute atomic E-state index is 11.7. The Kier molecular flexibility index (Phi) is 4.90. The number of aromatic carboxylic acids is 1. The third-order valence-corrected chi connectivity index (χ3v) is 2.56. The van der Waals surface area contributed by atoms with Gasteiger partial charge in [0, 0.05) is 19.4 Å². The monoisotopic (exact) mass is 239 g/mol. The molecule has 1 aromatic heterocycles. The number of rotatable bonds is 6. The van der Waals surface area contributed by atoms with Crippen LogP contribution in [0.15, 0.2) is 23.1 Å². The van der Waals surface area contributed by atoms with Crippen molar-refractivity contribution < 1.29 is 14.6 Å². The Bertz CT molecular complexity index is 432. The van der Waals surface area contributed by atoms with Gasteiger partial charge in [-0.15, -0.1) is 0 Å². The molecule has 0 saturated carbocycles. The lowest BCUT2D eigenvalue weighted by molar-refractivity contribution is 0.0695. The lowest BCUT2D eigenvalue weighted by Gasteiger charge is -2.18. The molecule has 0 saturated heterocycles. The summed E-state index contributed by atoms with van der Waals surface area (Å²) in [5.74, 6) is -1.04. The minimum absolute atomic E-state index is 0.113. The van der Waals surface area contributed by atoms with Crippen LogP contribution in [0.25, 0.3) is 0 Å². The second kappa shape index (κ2) is 6.20. The SMILES string of the molecule is CCCC(COC)n1cc(C(=O)O)ccc1=O. The molecule has 0 aliphatic rings. The highest BCUT2D eigenvalue weighted by molar-refractivity contribution is 5.87. The van der Waals surface area contributed by atoms with E-state index in [0.717, 1.165) is 12.8 Å². The number of aromatic nitrogens is 1. The van der Waals surface area contributed by atoms with Crippen molar-refractivity contribution in [2.24, 2.45) is 0 Å². The van der Waals surface area contributed by atoms with E-state index in [-0.39, 0.29) is 17.2 Å². The van der Waals surface area contributed by atoms with E-state index in [1.807, 2.05) is 6.92 Å². The molecule has 5 heteroatoms. The van der Waals surface area contributed by atoms with Crippen LogP contribution in [0.2, 0.25) is 0 Å². The van der Waals surface area contributed by atoms with Crippen molar-refractivity contribution in [3.8, 4) is 0 Å². The van der Waals surface area contributed by atoms with Crippen LogP contribution in [0.5, 0.6) is 0 Å². The zero-order valence-electron chi connectivity index (χ0n) is 10.0. The molecule has 1 heterocycles. The third-order valence-electron chi connectivity index (χ3n) is 2.56. The van der Waals surface area contributed by atoms with Gasteiger partial charge in [0.1, 0.15) is 0 Å². The van der Waals surface area contributed by atoms with Crippen molar-refractivity contribution in [2.45, 2.75) is 25.8 Å². The second-order valence-electron chi connectivity index (χ2n) is 3.87. The van der Waals surface area contributed by atoms with Gasteiger partial charge in [-0.25, -0.2) is 4.79 Å². The molecule has 0 aliphatic carbocycles. The van der Waals surface area contributed by atoms with Crippen LogP contribution >= 0.6 is 0 Å². The molecule has 94 valence electrons. The summed E-state index contributed by atoms with van der Waals surface area (Å²) in [7, 11) is 1.56. The predicted molar refractivity (Wildman–Crippen MR) is 63.5 cm³/mol. The fraction of sp³-hybridized carbons (Fsp3) is 0.500. The summed E-state index contributed by atoms with van der Waals surface area (Å²) in [5, 5.41) is 8.90. The Morgan fingerprint density at radius 2 is 2.24 bits per heavy atom. The summed E-state index contributed by atoms with van der Waals surface area (Å²) in [6.07, 6.45) is 3.05. The number of carbonyl (C=O) groups is 1. The smallest absolute Gasteiger partial charge is 0.337 e. The van der Waals surface area contributed by atoms with Crippen LogP contribution in [0.3, 0.4) is 0 Å². The highest BCUT2D eigenvalue weighted by Gasteiger charge is 2.13. The van der Waals surface area contributed by atoms with E-state index in [4.69, 9.17) is 9.84 Å². The number of methoxy groups -OCH3 is 1. The Balaban J connectivity index is 3.11. The molecule has 1 N–H and O–H groups in total. The molecule has 17 heavy (non-hydrogen) atoms. The van der Waals surface area contributed by atoms with Crippen molar-refractivity contribution in [3.05, 3.63) is 34.2 Å².